The largest absolute Gasteiger partial charge is 0.183 e. The lowest BCUT2D eigenvalue weighted by atomic mass is 9.44. The highest BCUT2D eigenvalue weighted by atomic mass is 32.1. The van der Waals surface area contributed by atoms with Crippen LogP contribution in [0.25, 0.3) is 16.3 Å². The van der Waals surface area contributed by atoms with E-state index in [-0.39, 0.29) is 5.92 Å². The first-order valence-electron chi connectivity index (χ1n) is 22.2. The summed E-state index contributed by atoms with van der Waals surface area (Å²) >= 11 is 8.22. The molecule has 0 radical (unpaired) electrons. The van der Waals surface area contributed by atoms with Gasteiger partial charge in [-0.15, -0.1) is 12.6 Å². The molecule has 0 aliphatic heterocycles. The van der Waals surface area contributed by atoms with E-state index in [9.17, 15) is 0 Å². The molecule has 5 aliphatic rings. The molecule has 54 heavy (non-hydrogen) atoms. The molecule has 296 valence electrons. The predicted octanol–water partition coefficient (Wildman–Crippen LogP) is 16.1. The van der Waals surface area contributed by atoms with Gasteiger partial charge in [-0.05, 0) is 163 Å². The Kier molecular flexibility index (Phi) is 15.6. The number of rotatable bonds is 8. The summed E-state index contributed by atoms with van der Waals surface area (Å²) in [6.45, 7) is 19.1. The molecular formula is C52H76S2. The first-order chi connectivity index (χ1) is 26.1. The van der Waals surface area contributed by atoms with E-state index in [1.165, 1.54) is 105 Å². The van der Waals surface area contributed by atoms with Crippen LogP contribution in [0.5, 0.6) is 0 Å². The van der Waals surface area contributed by atoms with Crippen molar-refractivity contribution < 1.29 is 0 Å². The lowest BCUT2D eigenvalue weighted by Crippen LogP contribution is -2.53. The van der Waals surface area contributed by atoms with Gasteiger partial charge in [0.1, 0.15) is 0 Å². The monoisotopic (exact) mass is 765 g/mol. The van der Waals surface area contributed by atoms with E-state index in [1.807, 2.05) is 13.8 Å². The smallest absolute Gasteiger partial charge is 0.0207 e. The molecule has 7 rings (SSSR count). The fourth-order valence-electron chi connectivity index (χ4n) is 12.7. The number of fused-ring (bicyclic) bond motifs is 6. The van der Waals surface area contributed by atoms with Crippen molar-refractivity contribution in [2.45, 2.75) is 137 Å². The van der Waals surface area contributed by atoms with Crippen LogP contribution in [0.4, 0.5) is 0 Å². The van der Waals surface area contributed by atoms with Gasteiger partial charge in [-0.3, -0.25) is 0 Å². The van der Waals surface area contributed by atoms with Crippen molar-refractivity contribution >= 4 is 41.6 Å². The van der Waals surface area contributed by atoms with E-state index < -0.39 is 0 Å². The Bertz CT molecular complexity index is 1670. The van der Waals surface area contributed by atoms with Gasteiger partial charge >= 0.3 is 0 Å². The Morgan fingerprint density at radius 1 is 0.833 bits per heavy atom. The molecule has 10 atom stereocenters. The zero-order valence-electron chi connectivity index (χ0n) is 35.7. The van der Waals surface area contributed by atoms with Crippen LogP contribution in [0.3, 0.4) is 0 Å². The van der Waals surface area contributed by atoms with Crippen molar-refractivity contribution in [2.24, 2.45) is 64.1 Å². The summed E-state index contributed by atoms with van der Waals surface area (Å²) in [6.07, 6.45) is 37.8. The fourth-order valence-corrected chi connectivity index (χ4v) is 12.9. The molecule has 0 aromatic heterocycles. The minimum atomic E-state index is 0.242. The Labute approximate surface area is 343 Å². The van der Waals surface area contributed by atoms with E-state index in [1.54, 1.807) is 6.26 Å². The normalized spacial score (nSPS) is 36.0. The van der Waals surface area contributed by atoms with Gasteiger partial charge in [-0.1, -0.05) is 146 Å². The molecule has 2 aromatic rings. The maximum Gasteiger partial charge on any atom is 0.0207 e. The van der Waals surface area contributed by atoms with Crippen LogP contribution >= 0.6 is 25.3 Å². The molecule has 2 aromatic carbocycles. The molecule has 0 bridgehead atoms. The summed E-state index contributed by atoms with van der Waals surface area (Å²) in [6, 6.07) is 13.6. The number of hydrogen-bond acceptors (Lipinski definition) is 2. The van der Waals surface area contributed by atoms with Gasteiger partial charge in [-0.25, -0.2) is 0 Å². The van der Waals surface area contributed by atoms with Gasteiger partial charge in [0.15, 0.2) is 0 Å². The minimum Gasteiger partial charge on any atom is -0.183 e. The average molecular weight is 765 g/mol. The lowest BCUT2D eigenvalue weighted by Gasteiger charge is -2.61. The van der Waals surface area contributed by atoms with E-state index in [4.69, 9.17) is 0 Å². The molecule has 0 N–H and O–H groups in total. The summed E-state index contributed by atoms with van der Waals surface area (Å²) in [5.41, 5.74) is 5.26. The Morgan fingerprint density at radius 2 is 1.57 bits per heavy atom. The van der Waals surface area contributed by atoms with Crippen LogP contribution in [0.2, 0.25) is 0 Å². The lowest BCUT2D eigenvalue weighted by molar-refractivity contribution is -0.118. The zero-order chi connectivity index (χ0) is 39.0. The van der Waals surface area contributed by atoms with Crippen molar-refractivity contribution in [1.29, 1.82) is 0 Å². The Hall–Kier alpha value is -1.90. The van der Waals surface area contributed by atoms with Crippen molar-refractivity contribution in [3.63, 3.8) is 0 Å². The second kappa shape index (κ2) is 19.5. The molecule has 5 aliphatic carbocycles. The summed E-state index contributed by atoms with van der Waals surface area (Å²) in [4.78, 5) is 1.03. The van der Waals surface area contributed by atoms with Crippen LogP contribution in [-0.2, 0) is 0 Å². The van der Waals surface area contributed by atoms with Crippen molar-refractivity contribution in [2.75, 3.05) is 6.26 Å². The van der Waals surface area contributed by atoms with Gasteiger partial charge in [0.25, 0.3) is 0 Å². The van der Waals surface area contributed by atoms with Crippen LogP contribution in [0, 0.1) is 64.1 Å². The van der Waals surface area contributed by atoms with Crippen molar-refractivity contribution in [3.05, 3.63) is 96.1 Å². The standard InChI is InChI=1S/C49H66S.C2H6.CH4S/c1-33(2)12-9-15-35(4)45-24-25-46-43-22-20-39-30-36(26-28-48(39,5)47(43)27-29-49(45,46)6)31-44(37-16-8-7-13-34(3)14-10-17-37)42-19-11-18-38-32-40(50)21-23-41(38)42;2*1-2/h7-8,10-11,13-14,16-19,21,23,31-33,35-37,39,43,45-47,50H,9,12,15,20,22,24-30H2,1-6H3;1-2H3;2H,1H3/b13-7-,16-8?,17-10-,34-14+,44-31+;;. The molecule has 0 saturated heterocycles. The summed E-state index contributed by atoms with van der Waals surface area (Å²) < 4.78 is 0. The van der Waals surface area contributed by atoms with Crippen LogP contribution < -0.4 is 0 Å². The Balaban J connectivity index is 0.00000136. The van der Waals surface area contributed by atoms with Crippen molar-refractivity contribution in [3.8, 4) is 0 Å². The number of benzene rings is 2. The summed E-state index contributed by atoms with van der Waals surface area (Å²) in [5.74, 6) is 7.31. The Morgan fingerprint density at radius 3 is 2.35 bits per heavy atom. The van der Waals surface area contributed by atoms with Crippen molar-refractivity contribution in [1.82, 2.24) is 0 Å². The van der Waals surface area contributed by atoms with Gasteiger partial charge in [0, 0.05) is 10.8 Å². The highest BCUT2D eigenvalue weighted by Crippen LogP contribution is 2.69. The van der Waals surface area contributed by atoms with Crippen LogP contribution in [-0.4, -0.2) is 6.26 Å². The minimum absolute atomic E-state index is 0.242. The maximum atomic E-state index is 4.69. The fraction of sp³-hybridized carbons (Fsp3) is 0.615. The van der Waals surface area contributed by atoms with E-state index >= 15 is 0 Å². The van der Waals surface area contributed by atoms with E-state index in [0.29, 0.717) is 16.7 Å². The molecule has 0 amide bonds. The molecule has 0 nitrogen and oxygen atoms in total. The number of thiol groups is 2. The average Bonchev–Trinajstić information content (AvgIpc) is 3.57. The third-order valence-electron chi connectivity index (χ3n) is 15.3. The maximum absolute atomic E-state index is 4.69. The van der Waals surface area contributed by atoms with E-state index in [2.05, 4.69) is 152 Å². The summed E-state index contributed by atoms with van der Waals surface area (Å²) in [5, 5.41) is 2.63. The highest BCUT2D eigenvalue weighted by Gasteiger charge is 2.60. The highest BCUT2D eigenvalue weighted by molar-refractivity contribution is 7.80. The first kappa shape index (κ1) is 43.2. The molecule has 2 heteroatoms. The van der Waals surface area contributed by atoms with E-state index in [0.717, 1.165) is 46.3 Å². The van der Waals surface area contributed by atoms with Crippen LogP contribution in [0.15, 0.2) is 95.5 Å². The topological polar surface area (TPSA) is 0 Å². The zero-order valence-corrected chi connectivity index (χ0v) is 37.4. The SMILES string of the molecule is CC.CC1=C\C=C/C(/C(=C\C2CCC3(C)C(CCC4C3CCC3(C)C(C(C)CCCC(C)C)CCC43)C2)c2cccc3cc(S)ccc23)C=C/C=C\1.CS. The molecule has 4 fully saturated rings. The second-order valence-electron chi connectivity index (χ2n) is 18.6. The molecule has 0 heterocycles. The third-order valence-corrected chi connectivity index (χ3v) is 15.6. The molecular weight excluding hydrogens is 689 g/mol. The number of hydrogen-bond donors (Lipinski definition) is 2. The second-order valence-corrected chi connectivity index (χ2v) is 19.1. The molecule has 10 unspecified atom stereocenters. The molecule has 0 spiro atoms. The first-order valence-corrected chi connectivity index (χ1v) is 23.5. The molecule has 4 saturated carbocycles. The van der Waals surface area contributed by atoms with Gasteiger partial charge < -0.3 is 0 Å². The summed E-state index contributed by atoms with van der Waals surface area (Å²) in [7, 11) is 0. The van der Waals surface area contributed by atoms with Gasteiger partial charge in [-0.2, -0.15) is 12.6 Å². The van der Waals surface area contributed by atoms with Gasteiger partial charge in [0.2, 0.25) is 0 Å². The van der Waals surface area contributed by atoms with Gasteiger partial charge in [0.05, 0.1) is 0 Å². The number of allylic oxidation sites excluding steroid dienone is 10. The quantitative estimate of drug-likeness (QED) is 0.246. The third kappa shape index (κ3) is 9.28. The predicted molar refractivity (Wildman–Crippen MR) is 247 cm³/mol. The van der Waals surface area contributed by atoms with Crippen LogP contribution in [0.1, 0.15) is 138 Å².